The van der Waals surface area contributed by atoms with Crippen LogP contribution < -0.4 is 10.6 Å². The molecule has 0 heterocycles. The van der Waals surface area contributed by atoms with E-state index in [4.69, 9.17) is 10.5 Å². The summed E-state index contributed by atoms with van der Waals surface area (Å²) >= 11 is 0. The topological polar surface area (TPSA) is 55.6 Å². The van der Waals surface area contributed by atoms with Crippen molar-refractivity contribution in [2.24, 2.45) is 0 Å². The van der Waals surface area contributed by atoms with E-state index in [0.29, 0.717) is 11.3 Å². The number of hydrogen-bond acceptors (Lipinski definition) is 4. The van der Waals surface area contributed by atoms with Gasteiger partial charge in [-0.25, -0.2) is 4.79 Å². The minimum atomic E-state index is -0.256. The van der Waals surface area contributed by atoms with Crippen molar-refractivity contribution in [2.75, 3.05) is 24.7 Å². The first kappa shape index (κ1) is 14.7. The Morgan fingerprint density at radius 1 is 1.20 bits per heavy atom. The summed E-state index contributed by atoms with van der Waals surface area (Å²) in [7, 11) is 3.85. The maximum absolute atomic E-state index is 12.2. The molecule has 4 heteroatoms. The van der Waals surface area contributed by atoms with Gasteiger partial charge < -0.3 is 15.4 Å². The summed E-state index contributed by atoms with van der Waals surface area (Å²) < 4.78 is 5.60. The first-order valence-electron chi connectivity index (χ1n) is 7.36. The van der Waals surface area contributed by atoms with Crippen LogP contribution in [-0.2, 0) is 4.74 Å². The maximum Gasteiger partial charge on any atom is 0.338 e. The maximum atomic E-state index is 12.2. The van der Waals surface area contributed by atoms with E-state index < -0.39 is 0 Å². The largest absolute Gasteiger partial charge is 0.459 e. The van der Waals surface area contributed by atoms with Crippen molar-refractivity contribution in [1.82, 2.24) is 0 Å². The highest BCUT2D eigenvalue weighted by Crippen LogP contribution is 2.24. The molecule has 0 aliphatic heterocycles. The fourth-order valence-corrected chi connectivity index (χ4v) is 2.67. The van der Waals surface area contributed by atoms with Crippen molar-refractivity contribution in [3.8, 4) is 0 Å². The third kappa shape index (κ3) is 3.65. The van der Waals surface area contributed by atoms with Gasteiger partial charge in [0.05, 0.1) is 16.9 Å². The summed E-state index contributed by atoms with van der Waals surface area (Å²) in [5.41, 5.74) is 8.02. The van der Waals surface area contributed by atoms with Gasteiger partial charge in [0, 0.05) is 14.1 Å². The molecule has 0 saturated heterocycles. The molecule has 2 rings (SSSR count). The molecule has 110 valence electrons. The number of esters is 1. The highest BCUT2D eigenvalue weighted by Gasteiger charge is 2.18. The van der Waals surface area contributed by atoms with Gasteiger partial charge in [-0.2, -0.15) is 0 Å². The van der Waals surface area contributed by atoms with Crippen LogP contribution >= 0.6 is 0 Å². The minimum absolute atomic E-state index is 0.0692. The van der Waals surface area contributed by atoms with Gasteiger partial charge >= 0.3 is 5.97 Å². The monoisotopic (exact) mass is 276 g/mol. The van der Waals surface area contributed by atoms with Crippen LogP contribution in [0, 0.1) is 0 Å². The van der Waals surface area contributed by atoms with Gasteiger partial charge in [-0.15, -0.1) is 0 Å². The summed E-state index contributed by atoms with van der Waals surface area (Å²) in [4.78, 5) is 14.1. The molecular formula is C16H24N2O2. The number of nitrogens with zero attached hydrogens (tertiary/aromatic N) is 1. The molecule has 0 aromatic heterocycles. The van der Waals surface area contributed by atoms with Crippen LogP contribution in [0.2, 0.25) is 0 Å². The van der Waals surface area contributed by atoms with E-state index in [9.17, 15) is 4.79 Å². The summed E-state index contributed by atoms with van der Waals surface area (Å²) in [5, 5.41) is 0. The first-order valence-corrected chi connectivity index (χ1v) is 7.36. The Morgan fingerprint density at radius 2 is 1.85 bits per heavy atom. The van der Waals surface area contributed by atoms with E-state index in [0.717, 1.165) is 31.4 Å². The minimum Gasteiger partial charge on any atom is -0.459 e. The Bertz CT molecular complexity index is 464. The summed E-state index contributed by atoms with van der Waals surface area (Å²) in [5.74, 6) is -0.256. The molecule has 0 unspecified atom stereocenters. The fourth-order valence-electron chi connectivity index (χ4n) is 2.67. The molecule has 4 nitrogen and oxygen atoms in total. The van der Waals surface area contributed by atoms with Crippen molar-refractivity contribution < 1.29 is 9.53 Å². The van der Waals surface area contributed by atoms with Gasteiger partial charge in [-0.3, -0.25) is 0 Å². The van der Waals surface area contributed by atoms with E-state index in [1.165, 1.54) is 12.8 Å². The second-order valence-electron chi connectivity index (χ2n) is 5.69. The van der Waals surface area contributed by atoms with Gasteiger partial charge in [-0.1, -0.05) is 12.8 Å². The number of benzene rings is 1. The van der Waals surface area contributed by atoms with Crippen LogP contribution in [0.5, 0.6) is 0 Å². The highest BCUT2D eigenvalue weighted by atomic mass is 16.5. The van der Waals surface area contributed by atoms with Crippen molar-refractivity contribution >= 4 is 17.3 Å². The number of carbonyl (C=O) groups excluding carboxylic acids is 1. The standard InChI is InChI=1S/C16H24N2O2/c1-18(2)15-10-9-12(11-14(15)17)16(19)20-13-7-5-3-4-6-8-13/h9-11,13H,3-8,17H2,1-2H3. The lowest BCUT2D eigenvalue weighted by molar-refractivity contribution is 0.0267. The molecule has 1 aromatic rings. The van der Waals surface area contributed by atoms with Crippen LogP contribution in [0.15, 0.2) is 18.2 Å². The van der Waals surface area contributed by atoms with E-state index in [1.807, 2.05) is 25.1 Å². The summed E-state index contributed by atoms with van der Waals surface area (Å²) in [6, 6.07) is 5.35. The smallest absolute Gasteiger partial charge is 0.338 e. The van der Waals surface area contributed by atoms with Crippen LogP contribution in [0.1, 0.15) is 48.9 Å². The van der Waals surface area contributed by atoms with E-state index in [-0.39, 0.29) is 12.1 Å². The van der Waals surface area contributed by atoms with Crippen LogP contribution in [0.4, 0.5) is 11.4 Å². The Morgan fingerprint density at radius 3 is 2.40 bits per heavy atom. The molecule has 1 aliphatic carbocycles. The first-order chi connectivity index (χ1) is 9.58. The molecule has 2 N–H and O–H groups in total. The molecule has 1 aromatic carbocycles. The normalized spacial score (nSPS) is 16.5. The van der Waals surface area contributed by atoms with E-state index in [1.54, 1.807) is 12.1 Å². The number of ether oxygens (including phenoxy) is 1. The van der Waals surface area contributed by atoms with Crippen molar-refractivity contribution in [3.05, 3.63) is 23.8 Å². The molecule has 0 atom stereocenters. The van der Waals surface area contributed by atoms with E-state index in [2.05, 4.69) is 0 Å². The third-order valence-corrected chi connectivity index (χ3v) is 3.82. The summed E-state index contributed by atoms with van der Waals surface area (Å²) in [6.45, 7) is 0. The van der Waals surface area contributed by atoms with E-state index >= 15 is 0 Å². The molecule has 1 fully saturated rings. The molecule has 1 saturated carbocycles. The zero-order valence-corrected chi connectivity index (χ0v) is 12.4. The van der Waals surface area contributed by atoms with Crippen molar-refractivity contribution in [1.29, 1.82) is 0 Å². The highest BCUT2D eigenvalue weighted by molar-refractivity contribution is 5.92. The number of rotatable bonds is 3. The number of anilines is 2. The molecule has 1 aliphatic rings. The van der Waals surface area contributed by atoms with Crippen molar-refractivity contribution in [3.63, 3.8) is 0 Å². The molecule has 0 radical (unpaired) electrons. The van der Waals surface area contributed by atoms with Crippen LogP contribution in [-0.4, -0.2) is 26.2 Å². The Labute approximate surface area is 120 Å². The van der Waals surface area contributed by atoms with Gasteiger partial charge in [0.15, 0.2) is 0 Å². The Hall–Kier alpha value is -1.71. The predicted octanol–water partition coefficient (Wildman–Crippen LogP) is 3.21. The zero-order valence-electron chi connectivity index (χ0n) is 12.4. The number of carbonyl (C=O) groups is 1. The SMILES string of the molecule is CN(C)c1ccc(C(=O)OC2CCCCCC2)cc1N. The predicted molar refractivity (Wildman–Crippen MR) is 82.1 cm³/mol. The molecule has 20 heavy (non-hydrogen) atoms. The molecule has 0 amide bonds. The van der Waals surface area contributed by atoms with Crippen molar-refractivity contribution in [2.45, 2.75) is 44.6 Å². The molecule has 0 spiro atoms. The fraction of sp³-hybridized carbons (Fsp3) is 0.562. The molecular weight excluding hydrogens is 252 g/mol. The Kier molecular flexibility index (Phi) is 4.88. The van der Waals surface area contributed by atoms with Gasteiger partial charge in [0.25, 0.3) is 0 Å². The number of nitrogen functional groups attached to an aromatic ring is 1. The van der Waals surface area contributed by atoms with Crippen LogP contribution in [0.25, 0.3) is 0 Å². The lowest BCUT2D eigenvalue weighted by Crippen LogP contribution is -2.18. The zero-order chi connectivity index (χ0) is 14.5. The average molecular weight is 276 g/mol. The lowest BCUT2D eigenvalue weighted by Gasteiger charge is -2.18. The van der Waals surface area contributed by atoms with Gasteiger partial charge in [0.2, 0.25) is 0 Å². The van der Waals surface area contributed by atoms with Gasteiger partial charge in [0.1, 0.15) is 6.10 Å². The quantitative estimate of drug-likeness (QED) is 0.523. The number of nitrogens with two attached hydrogens (primary N) is 1. The Balaban J connectivity index is 2.03. The van der Waals surface area contributed by atoms with Gasteiger partial charge in [-0.05, 0) is 43.9 Å². The lowest BCUT2D eigenvalue weighted by atomic mass is 10.1. The van der Waals surface area contributed by atoms with Crippen LogP contribution in [0.3, 0.4) is 0 Å². The summed E-state index contributed by atoms with van der Waals surface area (Å²) in [6.07, 6.45) is 6.84. The molecule has 0 bridgehead atoms. The number of hydrogen-bond donors (Lipinski definition) is 1. The second kappa shape index (κ2) is 6.64. The average Bonchev–Trinajstić information content (AvgIpc) is 2.66. The second-order valence-corrected chi connectivity index (χ2v) is 5.69. The third-order valence-electron chi connectivity index (χ3n) is 3.82.